The maximum atomic E-state index is 13.0. The average Bonchev–Trinajstić information content (AvgIpc) is 3.35. The van der Waals surface area contributed by atoms with Gasteiger partial charge < -0.3 is 20.3 Å². The van der Waals surface area contributed by atoms with Crippen LogP contribution in [0.2, 0.25) is 0 Å². The molecule has 1 saturated heterocycles. The molecule has 4 rings (SSSR count). The molecule has 0 radical (unpaired) electrons. The Bertz CT molecular complexity index is 740. The number of carbonyl (C=O) groups is 2. The Hall–Kier alpha value is -2.08. The van der Waals surface area contributed by atoms with Crippen LogP contribution in [0.15, 0.2) is 24.3 Å². The maximum Gasteiger partial charge on any atom is 0.263 e. The summed E-state index contributed by atoms with van der Waals surface area (Å²) < 4.78 is 5.84. The molecule has 158 valence electrons. The van der Waals surface area contributed by atoms with Crippen molar-refractivity contribution in [3.05, 3.63) is 29.8 Å². The summed E-state index contributed by atoms with van der Waals surface area (Å²) in [6.07, 6.45) is 3.87. The van der Waals surface area contributed by atoms with E-state index in [1.165, 1.54) is 12.0 Å². The first-order chi connectivity index (χ1) is 14.0. The zero-order chi connectivity index (χ0) is 20.5. The van der Waals surface area contributed by atoms with E-state index >= 15 is 0 Å². The van der Waals surface area contributed by atoms with Gasteiger partial charge in [-0.25, -0.2) is 0 Å². The standard InChI is InChI=1S/C23H33N3O3/c1-3-16-4-8-19(9-5-16)29-15(2)22(27)25-10-12-26(13-11-25)23(28)20-17-6-7-18(14-17)21(20)24/h4-5,8-9,15,17-18,20-21H,3,6-7,10-14,24H2,1-2H3. The number of piperazine rings is 1. The van der Waals surface area contributed by atoms with Gasteiger partial charge in [-0.05, 0) is 62.1 Å². The number of nitrogens with two attached hydrogens (primary N) is 1. The molecule has 6 nitrogen and oxygen atoms in total. The molecule has 1 aliphatic heterocycles. The Balaban J connectivity index is 1.28. The van der Waals surface area contributed by atoms with Crippen LogP contribution in [0, 0.1) is 17.8 Å². The van der Waals surface area contributed by atoms with Gasteiger partial charge in [-0.1, -0.05) is 19.1 Å². The van der Waals surface area contributed by atoms with Gasteiger partial charge in [0.1, 0.15) is 5.75 Å². The van der Waals surface area contributed by atoms with Crippen molar-refractivity contribution >= 4 is 11.8 Å². The van der Waals surface area contributed by atoms with Gasteiger partial charge in [-0.3, -0.25) is 9.59 Å². The van der Waals surface area contributed by atoms with Crippen molar-refractivity contribution in [3.8, 4) is 5.75 Å². The summed E-state index contributed by atoms with van der Waals surface area (Å²) in [5, 5.41) is 0. The summed E-state index contributed by atoms with van der Waals surface area (Å²) in [6.45, 7) is 6.19. The zero-order valence-corrected chi connectivity index (χ0v) is 17.5. The molecule has 3 aliphatic rings. The molecule has 1 heterocycles. The van der Waals surface area contributed by atoms with E-state index in [2.05, 4.69) is 6.92 Å². The number of aryl methyl sites for hydroxylation is 1. The molecule has 2 bridgehead atoms. The largest absolute Gasteiger partial charge is 0.481 e. The summed E-state index contributed by atoms with van der Waals surface area (Å²) in [4.78, 5) is 29.5. The van der Waals surface area contributed by atoms with Crippen LogP contribution in [0.1, 0.15) is 38.7 Å². The zero-order valence-electron chi connectivity index (χ0n) is 17.5. The third-order valence-corrected chi connectivity index (χ3v) is 7.16. The van der Waals surface area contributed by atoms with Crippen molar-refractivity contribution in [2.75, 3.05) is 26.2 Å². The van der Waals surface area contributed by atoms with Gasteiger partial charge in [0.15, 0.2) is 6.10 Å². The van der Waals surface area contributed by atoms with Crippen molar-refractivity contribution in [2.45, 2.75) is 51.7 Å². The highest BCUT2D eigenvalue weighted by molar-refractivity contribution is 5.83. The highest BCUT2D eigenvalue weighted by Gasteiger charge is 2.50. The Labute approximate surface area is 173 Å². The Morgan fingerprint density at radius 2 is 1.69 bits per heavy atom. The van der Waals surface area contributed by atoms with Crippen molar-refractivity contribution in [3.63, 3.8) is 0 Å². The normalized spacial score (nSPS) is 29.8. The molecule has 3 fully saturated rings. The molecule has 5 atom stereocenters. The minimum Gasteiger partial charge on any atom is -0.481 e. The molecule has 0 spiro atoms. The van der Waals surface area contributed by atoms with E-state index in [-0.39, 0.29) is 23.8 Å². The lowest BCUT2D eigenvalue weighted by Gasteiger charge is -2.39. The highest BCUT2D eigenvalue weighted by Crippen LogP contribution is 2.48. The number of fused-ring (bicyclic) bond motifs is 2. The van der Waals surface area contributed by atoms with Crippen LogP contribution in [-0.2, 0) is 16.0 Å². The van der Waals surface area contributed by atoms with Gasteiger partial charge in [-0.15, -0.1) is 0 Å². The lowest BCUT2D eigenvalue weighted by atomic mass is 9.84. The average molecular weight is 400 g/mol. The fraction of sp³-hybridized carbons (Fsp3) is 0.652. The monoisotopic (exact) mass is 399 g/mol. The van der Waals surface area contributed by atoms with Crippen molar-refractivity contribution in [1.29, 1.82) is 0 Å². The maximum absolute atomic E-state index is 13.0. The number of ether oxygens (including phenoxy) is 1. The molecule has 2 N–H and O–H groups in total. The fourth-order valence-electron chi connectivity index (χ4n) is 5.38. The predicted molar refractivity (Wildman–Crippen MR) is 111 cm³/mol. The SMILES string of the molecule is CCc1ccc(OC(C)C(=O)N2CCN(C(=O)C3C4CCC(C4)C3N)CC2)cc1. The van der Waals surface area contributed by atoms with Crippen LogP contribution in [0.5, 0.6) is 5.75 Å². The molecule has 6 heteroatoms. The van der Waals surface area contributed by atoms with E-state index in [0.717, 1.165) is 19.3 Å². The Kier molecular flexibility index (Phi) is 5.81. The summed E-state index contributed by atoms with van der Waals surface area (Å²) in [5.74, 6) is 1.88. The summed E-state index contributed by atoms with van der Waals surface area (Å²) >= 11 is 0. The number of nitrogens with zero attached hydrogens (tertiary/aromatic N) is 2. The van der Waals surface area contributed by atoms with Crippen LogP contribution in [0.4, 0.5) is 0 Å². The van der Waals surface area contributed by atoms with Crippen LogP contribution in [0.25, 0.3) is 0 Å². The van der Waals surface area contributed by atoms with Crippen molar-refractivity contribution in [2.24, 2.45) is 23.5 Å². The quantitative estimate of drug-likeness (QED) is 0.822. The van der Waals surface area contributed by atoms with Gasteiger partial charge in [0.25, 0.3) is 5.91 Å². The summed E-state index contributed by atoms with van der Waals surface area (Å²) in [7, 11) is 0. The number of amides is 2. The van der Waals surface area contributed by atoms with E-state index in [0.29, 0.717) is 43.8 Å². The number of rotatable bonds is 5. The number of carbonyl (C=O) groups excluding carboxylic acids is 2. The predicted octanol–water partition coefficient (Wildman–Crippen LogP) is 2.06. The highest BCUT2D eigenvalue weighted by atomic mass is 16.5. The number of hydrogen-bond acceptors (Lipinski definition) is 4. The second kappa shape index (κ2) is 8.34. The number of hydrogen-bond donors (Lipinski definition) is 1. The van der Waals surface area contributed by atoms with E-state index in [1.54, 1.807) is 6.92 Å². The van der Waals surface area contributed by atoms with Gasteiger partial charge in [-0.2, -0.15) is 0 Å². The molecule has 5 unspecified atom stereocenters. The molecule has 1 aromatic carbocycles. The van der Waals surface area contributed by atoms with Gasteiger partial charge in [0.2, 0.25) is 5.91 Å². The smallest absolute Gasteiger partial charge is 0.263 e. The van der Waals surface area contributed by atoms with E-state index in [4.69, 9.17) is 10.5 Å². The van der Waals surface area contributed by atoms with Gasteiger partial charge in [0.05, 0.1) is 5.92 Å². The summed E-state index contributed by atoms with van der Waals surface area (Å²) in [6, 6.07) is 7.90. The minimum atomic E-state index is -0.538. The lowest BCUT2D eigenvalue weighted by molar-refractivity contribution is -0.146. The third-order valence-electron chi connectivity index (χ3n) is 7.16. The second-order valence-corrected chi connectivity index (χ2v) is 8.84. The van der Waals surface area contributed by atoms with E-state index in [9.17, 15) is 9.59 Å². The van der Waals surface area contributed by atoms with E-state index in [1.807, 2.05) is 34.1 Å². The first-order valence-electron chi connectivity index (χ1n) is 11.1. The van der Waals surface area contributed by atoms with Crippen LogP contribution in [0.3, 0.4) is 0 Å². The molecule has 2 aliphatic carbocycles. The van der Waals surface area contributed by atoms with Crippen LogP contribution < -0.4 is 10.5 Å². The van der Waals surface area contributed by atoms with Crippen LogP contribution in [-0.4, -0.2) is 59.9 Å². The second-order valence-electron chi connectivity index (χ2n) is 8.84. The molecule has 1 aromatic rings. The fourth-order valence-corrected chi connectivity index (χ4v) is 5.38. The molecule has 2 saturated carbocycles. The van der Waals surface area contributed by atoms with Crippen molar-refractivity contribution < 1.29 is 14.3 Å². The van der Waals surface area contributed by atoms with Crippen LogP contribution >= 0.6 is 0 Å². The molecular formula is C23H33N3O3. The third kappa shape index (κ3) is 4.00. The Morgan fingerprint density at radius 3 is 2.28 bits per heavy atom. The minimum absolute atomic E-state index is 0.00986. The number of benzene rings is 1. The molecular weight excluding hydrogens is 366 g/mol. The van der Waals surface area contributed by atoms with Gasteiger partial charge >= 0.3 is 0 Å². The molecule has 0 aromatic heterocycles. The molecule has 29 heavy (non-hydrogen) atoms. The first kappa shape index (κ1) is 20.2. The van der Waals surface area contributed by atoms with Gasteiger partial charge in [0, 0.05) is 32.2 Å². The lowest BCUT2D eigenvalue weighted by Crippen LogP contribution is -2.56. The van der Waals surface area contributed by atoms with E-state index < -0.39 is 6.10 Å². The molecule has 2 amide bonds. The Morgan fingerprint density at radius 1 is 1.07 bits per heavy atom. The first-order valence-corrected chi connectivity index (χ1v) is 11.1. The summed E-state index contributed by atoms with van der Waals surface area (Å²) in [5.41, 5.74) is 7.59. The van der Waals surface area contributed by atoms with Crippen molar-refractivity contribution in [1.82, 2.24) is 9.80 Å². The topological polar surface area (TPSA) is 75.9 Å².